The van der Waals surface area contributed by atoms with Gasteiger partial charge in [0, 0.05) is 39.1 Å². The van der Waals surface area contributed by atoms with Crippen LogP contribution in [0.25, 0.3) is 10.9 Å². The Labute approximate surface area is 201 Å². The number of rotatable bonds is 7. The maximum Gasteiger partial charge on any atom is 0.262 e. The highest BCUT2D eigenvalue weighted by Crippen LogP contribution is 2.30. The number of aryl methyl sites for hydroxylation is 2. The van der Waals surface area contributed by atoms with Crippen molar-refractivity contribution in [1.29, 1.82) is 0 Å². The maximum absolute atomic E-state index is 13.3. The second kappa shape index (κ2) is 9.38. The molecule has 1 aliphatic rings. The second-order valence-corrected chi connectivity index (χ2v) is 10.6. The number of fused-ring (bicyclic) bond motifs is 1. The average molecular weight is 487 g/mol. The molecule has 0 spiro atoms. The number of benzene rings is 1. The van der Waals surface area contributed by atoms with Gasteiger partial charge in [0.1, 0.15) is 5.82 Å². The molecule has 1 fully saturated rings. The highest BCUT2D eigenvalue weighted by molar-refractivity contribution is 7.92. The van der Waals surface area contributed by atoms with Gasteiger partial charge in [-0.25, -0.2) is 13.4 Å². The summed E-state index contributed by atoms with van der Waals surface area (Å²) >= 11 is 0. The van der Waals surface area contributed by atoms with Crippen LogP contribution in [0.1, 0.15) is 31.2 Å². The Kier molecular flexibility index (Phi) is 6.68. The third-order valence-electron chi connectivity index (χ3n) is 6.70. The maximum atomic E-state index is 13.3. The summed E-state index contributed by atoms with van der Waals surface area (Å²) in [6.07, 6.45) is 2.07. The molecule has 10 nitrogen and oxygen atoms in total. The molecule has 1 aromatic carbocycles. The van der Waals surface area contributed by atoms with Crippen molar-refractivity contribution >= 4 is 38.4 Å². The fourth-order valence-corrected chi connectivity index (χ4v) is 5.52. The Bertz CT molecular complexity index is 1300. The molecule has 2 N–H and O–H groups in total. The Balaban J connectivity index is 1.76. The monoisotopic (exact) mass is 486 g/mol. The predicted octanol–water partition coefficient (Wildman–Crippen LogP) is 2.43. The predicted molar refractivity (Wildman–Crippen MR) is 136 cm³/mol. The summed E-state index contributed by atoms with van der Waals surface area (Å²) in [5.74, 6) is 1.37. The SMILES string of the molecule is CCN(C)c1nc(N(C)C2CCNCC2)nc2ccc(S(=O)(=O)Nc3c(C)nn(C)c3C)cc12. The molecular weight excluding hydrogens is 452 g/mol. The topological polar surface area (TPSA) is 108 Å². The van der Waals surface area contributed by atoms with Crippen molar-refractivity contribution in [3.05, 3.63) is 29.6 Å². The molecule has 0 aliphatic carbocycles. The minimum atomic E-state index is -3.82. The first kappa shape index (κ1) is 24.2. The van der Waals surface area contributed by atoms with Crippen molar-refractivity contribution in [3.63, 3.8) is 0 Å². The lowest BCUT2D eigenvalue weighted by Crippen LogP contribution is -2.42. The van der Waals surface area contributed by atoms with Gasteiger partial charge in [-0.2, -0.15) is 10.1 Å². The average Bonchev–Trinajstić information content (AvgIpc) is 3.08. The van der Waals surface area contributed by atoms with Gasteiger partial charge in [0.05, 0.1) is 27.5 Å². The van der Waals surface area contributed by atoms with E-state index in [-0.39, 0.29) is 4.90 Å². The van der Waals surface area contributed by atoms with Gasteiger partial charge in [-0.1, -0.05) is 0 Å². The molecule has 184 valence electrons. The molecule has 1 aliphatic heterocycles. The zero-order valence-corrected chi connectivity index (χ0v) is 21.6. The van der Waals surface area contributed by atoms with Crippen LogP contribution in [0.2, 0.25) is 0 Å². The molecular formula is C23H34N8O2S. The Morgan fingerprint density at radius 3 is 2.50 bits per heavy atom. The first-order chi connectivity index (χ1) is 16.1. The standard InChI is InChI=1S/C23H34N8O2S/c1-7-29(4)22-19-14-18(34(32,33)28-21-15(2)27-31(6)16(21)3)8-9-20(19)25-23(26-22)30(5)17-10-12-24-13-11-17/h8-9,14,17,24,28H,7,10-13H2,1-6H3. The van der Waals surface area contributed by atoms with E-state index in [4.69, 9.17) is 9.97 Å². The quantitative estimate of drug-likeness (QED) is 0.524. The molecule has 2 aromatic heterocycles. The molecule has 0 amide bonds. The minimum absolute atomic E-state index is 0.163. The van der Waals surface area contributed by atoms with Crippen LogP contribution in [-0.2, 0) is 17.1 Å². The first-order valence-electron chi connectivity index (χ1n) is 11.6. The van der Waals surface area contributed by atoms with E-state index in [1.165, 1.54) is 0 Å². The number of sulfonamides is 1. The summed E-state index contributed by atoms with van der Waals surface area (Å²) in [6, 6.07) is 5.40. The Morgan fingerprint density at radius 1 is 1.18 bits per heavy atom. The number of anilines is 3. The summed E-state index contributed by atoms with van der Waals surface area (Å²) in [4.78, 5) is 14.0. The lowest BCUT2D eigenvalue weighted by molar-refractivity contribution is 0.440. The van der Waals surface area contributed by atoms with Gasteiger partial charge in [-0.05, 0) is 64.9 Å². The van der Waals surface area contributed by atoms with Gasteiger partial charge in [0.25, 0.3) is 10.0 Å². The second-order valence-electron chi connectivity index (χ2n) is 8.91. The third kappa shape index (κ3) is 4.54. The zero-order chi connectivity index (χ0) is 24.6. The molecule has 34 heavy (non-hydrogen) atoms. The highest BCUT2D eigenvalue weighted by atomic mass is 32.2. The van der Waals surface area contributed by atoms with Crippen molar-refractivity contribution in [2.24, 2.45) is 7.05 Å². The highest BCUT2D eigenvalue weighted by Gasteiger charge is 2.24. The molecule has 4 rings (SSSR count). The van der Waals surface area contributed by atoms with E-state index in [0.717, 1.165) is 38.2 Å². The number of hydrogen-bond acceptors (Lipinski definition) is 8. The van der Waals surface area contributed by atoms with E-state index in [9.17, 15) is 8.42 Å². The lowest BCUT2D eigenvalue weighted by Gasteiger charge is -2.32. The molecule has 0 unspecified atom stereocenters. The fourth-order valence-electron chi connectivity index (χ4n) is 4.32. The van der Waals surface area contributed by atoms with Gasteiger partial charge in [-0.15, -0.1) is 0 Å². The largest absolute Gasteiger partial charge is 0.359 e. The Morgan fingerprint density at radius 2 is 1.88 bits per heavy atom. The van der Waals surface area contributed by atoms with Crippen LogP contribution in [0.15, 0.2) is 23.1 Å². The van der Waals surface area contributed by atoms with Crippen molar-refractivity contribution in [2.75, 3.05) is 48.3 Å². The number of nitrogens with zero attached hydrogens (tertiary/aromatic N) is 6. The summed E-state index contributed by atoms with van der Waals surface area (Å²) in [7, 11) is 1.96. The summed E-state index contributed by atoms with van der Waals surface area (Å²) < 4.78 is 30.9. The lowest BCUT2D eigenvalue weighted by atomic mass is 10.1. The van der Waals surface area contributed by atoms with E-state index in [1.807, 2.05) is 32.8 Å². The minimum Gasteiger partial charge on any atom is -0.359 e. The van der Waals surface area contributed by atoms with E-state index < -0.39 is 10.0 Å². The summed E-state index contributed by atoms with van der Waals surface area (Å²) in [6.45, 7) is 8.35. The molecule has 0 saturated carbocycles. The number of hydrogen-bond donors (Lipinski definition) is 2. The van der Waals surface area contributed by atoms with Crippen molar-refractivity contribution < 1.29 is 8.42 Å². The zero-order valence-electron chi connectivity index (χ0n) is 20.8. The van der Waals surface area contributed by atoms with Gasteiger partial charge in [-0.3, -0.25) is 9.40 Å². The number of piperidine rings is 1. The number of nitrogens with one attached hydrogen (secondary N) is 2. The summed E-state index contributed by atoms with van der Waals surface area (Å²) in [5, 5.41) is 8.40. The van der Waals surface area contributed by atoms with Crippen LogP contribution in [0.3, 0.4) is 0 Å². The molecule has 3 aromatic rings. The van der Waals surface area contributed by atoms with Crippen LogP contribution >= 0.6 is 0 Å². The van der Waals surface area contributed by atoms with E-state index >= 15 is 0 Å². The molecule has 11 heteroatoms. The smallest absolute Gasteiger partial charge is 0.262 e. The Hall–Kier alpha value is -2.92. The van der Waals surface area contributed by atoms with Crippen LogP contribution in [-0.4, -0.2) is 67.9 Å². The molecule has 1 saturated heterocycles. The molecule has 0 radical (unpaired) electrons. The van der Waals surface area contributed by atoms with Crippen molar-refractivity contribution in [1.82, 2.24) is 25.1 Å². The third-order valence-corrected chi connectivity index (χ3v) is 8.05. The molecule has 0 bridgehead atoms. The van der Waals surface area contributed by atoms with E-state index in [0.29, 0.717) is 40.1 Å². The normalized spacial score (nSPS) is 15.0. The fraction of sp³-hybridized carbons (Fsp3) is 0.522. The van der Waals surface area contributed by atoms with Gasteiger partial charge in [0.15, 0.2) is 0 Å². The van der Waals surface area contributed by atoms with E-state index in [1.54, 1.807) is 36.9 Å². The number of aromatic nitrogens is 4. The van der Waals surface area contributed by atoms with Crippen LogP contribution in [0, 0.1) is 13.8 Å². The van der Waals surface area contributed by atoms with Gasteiger partial charge >= 0.3 is 0 Å². The van der Waals surface area contributed by atoms with Crippen LogP contribution in [0.4, 0.5) is 17.5 Å². The van der Waals surface area contributed by atoms with Crippen molar-refractivity contribution in [3.8, 4) is 0 Å². The van der Waals surface area contributed by atoms with Crippen LogP contribution in [0.5, 0.6) is 0 Å². The van der Waals surface area contributed by atoms with E-state index in [2.05, 4.69) is 20.0 Å². The molecule has 0 atom stereocenters. The molecule has 3 heterocycles. The summed E-state index contributed by atoms with van der Waals surface area (Å²) in [5.41, 5.74) is 2.60. The van der Waals surface area contributed by atoms with Crippen LogP contribution < -0.4 is 19.8 Å². The van der Waals surface area contributed by atoms with Crippen molar-refractivity contribution in [2.45, 2.75) is 44.6 Å². The van der Waals surface area contributed by atoms with Gasteiger partial charge in [0.2, 0.25) is 5.95 Å². The first-order valence-corrected chi connectivity index (χ1v) is 13.1. The van der Waals surface area contributed by atoms with Gasteiger partial charge < -0.3 is 15.1 Å².